The Labute approximate surface area is 101 Å². The van der Waals surface area contributed by atoms with E-state index < -0.39 is 17.2 Å². The first kappa shape index (κ1) is 16.4. The van der Waals surface area contributed by atoms with Crippen molar-refractivity contribution < 1.29 is 22.3 Å². The van der Waals surface area contributed by atoms with Crippen molar-refractivity contribution in [2.45, 2.75) is 19.9 Å². The average Bonchev–Trinajstić information content (AvgIpc) is 2.32. The fourth-order valence-electron chi connectivity index (χ4n) is 1.24. The van der Waals surface area contributed by atoms with E-state index >= 15 is 0 Å². The first-order valence-electron chi connectivity index (χ1n) is 5.36. The van der Waals surface area contributed by atoms with Crippen molar-refractivity contribution in [3.8, 4) is 0 Å². The Morgan fingerprint density at radius 1 is 0.875 bits per heavy atom. The van der Waals surface area contributed by atoms with Crippen molar-refractivity contribution >= 4 is 17.2 Å². The van der Waals surface area contributed by atoms with Gasteiger partial charge in [0.05, 0.1) is 13.2 Å². The lowest BCUT2D eigenvalue weighted by molar-refractivity contribution is 0.125. The molecule has 0 unspecified atom stereocenters. The zero-order chi connectivity index (χ0) is 12.4. The van der Waals surface area contributed by atoms with Gasteiger partial charge in [-0.3, -0.25) is 0 Å². The first-order chi connectivity index (χ1) is 7.67. The number of hydrogen-bond donors (Lipinski definition) is 0. The molecule has 0 atom stereocenters. The van der Waals surface area contributed by atoms with E-state index in [1.807, 2.05) is 13.8 Å². The standard InChI is InChI=1S/C9H23O5PSi/c1-6-13-15(14-7-2)8-9-16(10-3,11-4)12-5/h6-9H2,1-5H3. The second kappa shape index (κ2) is 9.47. The molecule has 0 radical (unpaired) electrons. The summed E-state index contributed by atoms with van der Waals surface area (Å²) in [5.41, 5.74) is 0. The molecular formula is C9H23O5PSi. The molecule has 7 heteroatoms. The van der Waals surface area contributed by atoms with E-state index in [1.165, 1.54) is 0 Å². The highest BCUT2D eigenvalue weighted by atomic mass is 31.2. The summed E-state index contributed by atoms with van der Waals surface area (Å²) >= 11 is 0. The average molecular weight is 270 g/mol. The summed E-state index contributed by atoms with van der Waals surface area (Å²) < 4.78 is 27.0. The van der Waals surface area contributed by atoms with E-state index in [0.717, 1.165) is 6.16 Å². The molecule has 0 amide bonds. The third kappa shape index (κ3) is 5.68. The van der Waals surface area contributed by atoms with Crippen LogP contribution in [0.3, 0.4) is 0 Å². The summed E-state index contributed by atoms with van der Waals surface area (Å²) in [6.45, 7) is 5.24. The van der Waals surface area contributed by atoms with Gasteiger partial charge in [0.2, 0.25) is 0 Å². The Hall–Kier alpha value is 0.447. The summed E-state index contributed by atoms with van der Waals surface area (Å²) in [5.74, 6) is 0. The molecule has 0 fully saturated rings. The van der Waals surface area contributed by atoms with Gasteiger partial charge in [-0.05, 0) is 13.8 Å². The van der Waals surface area contributed by atoms with Crippen molar-refractivity contribution in [1.82, 2.24) is 0 Å². The van der Waals surface area contributed by atoms with Crippen LogP contribution >= 0.6 is 8.38 Å². The molecule has 16 heavy (non-hydrogen) atoms. The summed E-state index contributed by atoms with van der Waals surface area (Å²) in [6.07, 6.45) is 0.777. The van der Waals surface area contributed by atoms with Crippen LogP contribution in [-0.2, 0) is 22.3 Å². The van der Waals surface area contributed by atoms with Gasteiger partial charge in [0.1, 0.15) is 0 Å². The van der Waals surface area contributed by atoms with E-state index in [-0.39, 0.29) is 0 Å². The van der Waals surface area contributed by atoms with Crippen LogP contribution in [0.1, 0.15) is 13.8 Å². The third-order valence-electron chi connectivity index (χ3n) is 2.08. The van der Waals surface area contributed by atoms with Gasteiger partial charge in [0.15, 0.2) is 8.38 Å². The zero-order valence-corrected chi connectivity index (χ0v) is 12.7. The van der Waals surface area contributed by atoms with Gasteiger partial charge in [0, 0.05) is 33.5 Å². The van der Waals surface area contributed by atoms with Crippen LogP contribution in [0.5, 0.6) is 0 Å². The lowest BCUT2D eigenvalue weighted by atomic mass is 10.9. The van der Waals surface area contributed by atoms with Gasteiger partial charge in [-0.1, -0.05) is 0 Å². The van der Waals surface area contributed by atoms with Gasteiger partial charge in [-0.2, -0.15) is 0 Å². The smallest absolute Gasteiger partial charge is 0.377 e. The Morgan fingerprint density at radius 2 is 1.31 bits per heavy atom. The highest BCUT2D eigenvalue weighted by Crippen LogP contribution is 2.40. The maximum Gasteiger partial charge on any atom is 0.500 e. The van der Waals surface area contributed by atoms with Crippen molar-refractivity contribution in [1.29, 1.82) is 0 Å². The fraction of sp³-hybridized carbons (Fsp3) is 1.00. The molecule has 0 heterocycles. The molecule has 0 aromatic heterocycles. The lowest BCUT2D eigenvalue weighted by Gasteiger charge is -2.25. The molecule has 98 valence electrons. The van der Waals surface area contributed by atoms with E-state index in [4.69, 9.17) is 22.3 Å². The minimum atomic E-state index is -2.48. The van der Waals surface area contributed by atoms with Gasteiger partial charge in [-0.25, -0.2) is 0 Å². The van der Waals surface area contributed by atoms with E-state index in [0.29, 0.717) is 19.3 Å². The van der Waals surface area contributed by atoms with Crippen LogP contribution < -0.4 is 0 Å². The monoisotopic (exact) mass is 270 g/mol. The predicted octanol–water partition coefficient (Wildman–Crippen LogP) is 2.25. The predicted molar refractivity (Wildman–Crippen MR) is 66.6 cm³/mol. The third-order valence-corrected chi connectivity index (χ3v) is 6.91. The lowest BCUT2D eigenvalue weighted by Crippen LogP contribution is -2.43. The van der Waals surface area contributed by atoms with Crippen LogP contribution in [0.4, 0.5) is 0 Å². The Balaban J connectivity index is 4.13. The number of hydrogen-bond acceptors (Lipinski definition) is 5. The van der Waals surface area contributed by atoms with Gasteiger partial charge in [-0.15, -0.1) is 0 Å². The summed E-state index contributed by atoms with van der Waals surface area (Å²) in [6, 6.07) is 0.711. The molecule has 0 aliphatic heterocycles. The zero-order valence-electron chi connectivity index (χ0n) is 10.8. The topological polar surface area (TPSA) is 46.2 Å². The van der Waals surface area contributed by atoms with Crippen molar-refractivity contribution in [3.63, 3.8) is 0 Å². The van der Waals surface area contributed by atoms with Gasteiger partial charge in [0.25, 0.3) is 0 Å². The number of rotatable bonds is 10. The van der Waals surface area contributed by atoms with Crippen molar-refractivity contribution in [3.05, 3.63) is 0 Å². The summed E-state index contributed by atoms with van der Waals surface area (Å²) in [4.78, 5) is 0. The fourth-order valence-corrected chi connectivity index (χ4v) is 5.09. The molecular weight excluding hydrogens is 247 g/mol. The molecule has 0 aliphatic carbocycles. The second-order valence-corrected chi connectivity index (χ2v) is 7.66. The highest BCUT2D eigenvalue weighted by Gasteiger charge is 2.38. The Morgan fingerprint density at radius 3 is 1.62 bits per heavy atom. The quantitative estimate of drug-likeness (QED) is 0.450. The minimum Gasteiger partial charge on any atom is -0.377 e. The normalized spacial score (nSPS) is 12.4. The molecule has 0 saturated heterocycles. The molecule has 0 N–H and O–H groups in total. The summed E-state index contributed by atoms with van der Waals surface area (Å²) in [7, 11) is 1.51. The van der Waals surface area contributed by atoms with Crippen LogP contribution in [0.25, 0.3) is 0 Å². The minimum absolute atomic E-state index is 0.660. The maximum absolute atomic E-state index is 5.51. The maximum atomic E-state index is 5.51. The molecule has 0 aromatic rings. The van der Waals surface area contributed by atoms with Crippen LogP contribution in [0.15, 0.2) is 0 Å². The van der Waals surface area contributed by atoms with Crippen molar-refractivity contribution in [2.75, 3.05) is 40.7 Å². The van der Waals surface area contributed by atoms with E-state index in [1.54, 1.807) is 21.3 Å². The highest BCUT2D eigenvalue weighted by molar-refractivity contribution is 7.47. The van der Waals surface area contributed by atoms with Crippen LogP contribution in [-0.4, -0.2) is 49.5 Å². The molecule has 0 rings (SSSR count). The molecule has 0 saturated carbocycles. The van der Waals surface area contributed by atoms with Crippen LogP contribution in [0, 0.1) is 0 Å². The molecule has 0 bridgehead atoms. The molecule has 0 spiro atoms. The molecule has 0 aromatic carbocycles. The van der Waals surface area contributed by atoms with Crippen molar-refractivity contribution in [2.24, 2.45) is 0 Å². The SMILES string of the molecule is CCOP(CC[Si](OC)(OC)OC)OCC. The summed E-state index contributed by atoms with van der Waals surface area (Å²) in [5, 5.41) is 0. The first-order valence-corrected chi connectivity index (χ1v) is 8.66. The molecule has 5 nitrogen and oxygen atoms in total. The van der Waals surface area contributed by atoms with Gasteiger partial charge < -0.3 is 22.3 Å². The Kier molecular flexibility index (Phi) is 9.74. The van der Waals surface area contributed by atoms with E-state index in [9.17, 15) is 0 Å². The van der Waals surface area contributed by atoms with Gasteiger partial charge >= 0.3 is 8.80 Å². The second-order valence-electron chi connectivity index (χ2n) is 2.94. The van der Waals surface area contributed by atoms with E-state index in [2.05, 4.69) is 0 Å². The largest absolute Gasteiger partial charge is 0.500 e. The van der Waals surface area contributed by atoms with Crippen LogP contribution in [0.2, 0.25) is 6.04 Å². The molecule has 0 aliphatic rings. The Bertz CT molecular complexity index is 154.